The maximum Gasteiger partial charge on any atom is 0.224 e. The Labute approximate surface area is 145 Å². The Morgan fingerprint density at radius 1 is 1.12 bits per heavy atom. The van der Waals surface area contributed by atoms with Crippen LogP contribution < -0.4 is 10.1 Å². The van der Waals surface area contributed by atoms with Gasteiger partial charge in [-0.3, -0.25) is 4.79 Å². The van der Waals surface area contributed by atoms with Crippen LogP contribution in [0.1, 0.15) is 35.6 Å². The first kappa shape index (κ1) is 18.1. The summed E-state index contributed by atoms with van der Waals surface area (Å²) in [5.74, 6) is 0.958. The van der Waals surface area contributed by atoms with E-state index in [1.807, 2.05) is 12.1 Å². The zero-order valence-electron chi connectivity index (χ0n) is 15.1. The van der Waals surface area contributed by atoms with Gasteiger partial charge in [0.1, 0.15) is 5.75 Å². The smallest absolute Gasteiger partial charge is 0.224 e. The molecule has 0 saturated heterocycles. The number of carbonyl (C=O) groups excluding carboxylic acids is 1. The summed E-state index contributed by atoms with van der Waals surface area (Å²) in [4.78, 5) is 12.3. The van der Waals surface area contributed by atoms with Crippen LogP contribution in [0.3, 0.4) is 0 Å². The van der Waals surface area contributed by atoms with Gasteiger partial charge in [-0.1, -0.05) is 35.9 Å². The van der Waals surface area contributed by atoms with E-state index in [0.717, 1.165) is 24.2 Å². The van der Waals surface area contributed by atoms with Crippen molar-refractivity contribution < 1.29 is 9.53 Å². The van der Waals surface area contributed by atoms with Crippen LogP contribution in [-0.4, -0.2) is 19.1 Å². The third kappa shape index (κ3) is 5.41. The van der Waals surface area contributed by atoms with Crippen molar-refractivity contribution in [2.75, 3.05) is 7.11 Å². The first-order valence-corrected chi connectivity index (χ1v) is 8.46. The molecule has 0 aliphatic heterocycles. The first-order chi connectivity index (χ1) is 11.5. The molecule has 2 rings (SSSR count). The topological polar surface area (TPSA) is 38.3 Å². The van der Waals surface area contributed by atoms with E-state index in [9.17, 15) is 4.79 Å². The van der Waals surface area contributed by atoms with Crippen LogP contribution in [-0.2, 0) is 17.6 Å². The highest BCUT2D eigenvalue weighted by atomic mass is 16.5. The summed E-state index contributed by atoms with van der Waals surface area (Å²) < 4.78 is 5.16. The van der Waals surface area contributed by atoms with Crippen LogP contribution >= 0.6 is 0 Å². The molecule has 1 unspecified atom stereocenters. The Morgan fingerprint density at radius 3 is 2.50 bits per heavy atom. The summed E-state index contributed by atoms with van der Waals surface area (Å²) in [6, 6.07) is 14.5. The monoisotopic (exact) mass is 325 g/mol. The first-order valence-electron chi connectivity index (χ1n) is 8.46. The summed E-state index contributed by atoms with van der Waals surface area (Å²) in [6.45, 7) is 6.16. The molecule has 0 spiro atoms. The van der Waals surface area contributed by atoms with E-state index in [4.69, 9.17) is 4.74 Å². The maximum absolute atomic E-state index is 12.3. The fourth-order valence-corrected chi connectivity index (χ4v) is 2.74. The van der Waals surface area contributed by atoms with E-state index in [1.165, 1.54) is 16.7 Å². The molecular weight excluding hydrogens is 298 g/mol. The van der Waals surface area contributed by atoms with Crippen molar-refractivity contribution in [1.29, 1.82) is 0 Å². The van der Waals surface area contributed by atoms with Crippen molar-refractivity contribution in [3.63, 3.8) is 0 Å². The zero-order valence-corrected chi connectivity index (χ0v) is 15.1. The van der Waals surface area contributed by atoms with E-state index in [0.29, 0.717) is 6.42 Å². The number of carbonyl (C=O) groups is 1. The Balaban J connectivity index is 1.81. The molecular formula is C21H27NO2. The Morgan fingerprint density at radius 2 is 1.83 bits per heavy atom. The number of rotatable bonds is 7. The van der Waals surface area contributed by atoms with Crippen molar-refractivity contribution in [3.05, 3.63) is 64.7 Å². The van der Waals surface area contributed by atoms with Gasteiger partial charge >= 0.3 is 0 Å². The van der Waals surface area contributed by atoms with Gasteiger partial charge < -0.3 is 10.1 Å². The SMILES string of the molecule is COc1ccc(CCC(C)NC(=O)Cc2cc(C)ccc2C)cc1. The molecule has 0 aliphatic carbocycles. The van der Waals surface area contributed by atoms with Crippen molar-refractivity contribution in [1.82, 2.24) is 5.32 Å². The molecule has 1 N–H and O–H groups in total. The second-order valence-electron chi connectivity index (χ2n) is 6.46. The molecule has 128 valence electrons. The minimum atomic E-state index is 0.0888. The lowest BCUT2D eigenvalue weighted by atomic mass is 10.0. The number of nitrogens with one attached hydrogen (secondary N) is 1. The molecule has 2 aromatic carbocycles. The van der Waals surface area contributed by atoms with Crippen LogP contribution in [0, 0.1) is 13.8 Å². The van der Waals surface area contributed by atoms with Gasteiger partial charge in [0.25, 0.3) is 0 Å². The minimum Gasteiger partial charge on any atom is -0.497 e. The maximum atomic E-state index is 12.3. The number of ether oxygens (including phenoxy) is 1. The fraction of sp³-hybridized carbons (Fsp3) is 0.381. The molecule has 0 radical (unpaired) electrons. The lowest BCUT2D eigenvalue weighted by Gasteiger charge is -2.15. The second kappa shape index (κ2) is 8.53. The third-order valence-corrected chi connectivity index (χ3v) is 4.29. The van der Waals surface area contributed by atoms with Gasteiger partial charge in [-0.05, 0) is 62.4 Å². The van der Waals surface area contributed by atoms with Gasteiger partial charge in [-0.15, -0.1) is 0 Å². The third-order valence-electron chi connectivity index (χ3n) is 4.29. The molecule has 0 bridgehead atoms. The lowest BCUT2D eigenvalue weighted by Crippen LogP contribution is -2.34. The molecule has 0 aromatic heterocycles. The number of benzene rings is 2. The average molecular weight is 325 g/mol. The predicted molar refractivity (Wildman–Crippen MR) is 98.5 cm³/mol. The Kier molecular flexibility index (Phi) is 6.42. The van der Waals surface area contributed by atoms with Gasteiger partial charge in [0, 0.05) is 6.04 Å². The minimum absolute atomic E-state index is 0.0888. The highest BCUT2D eigenvalue weighted by molar-refractivity contribution is 5.79. The number of aryl methyl sites for hydroxylation is 3. The molecule has 0 aliphatic rings. The van der Waals surface area contributed by atoms with Crippen LogP contribution in [0.15, 0.2) is 42.5 Å². The lowest BCUT2D eigenvalue weighted by molar-refractivity contribution is -0.121. The van der Waals surface area contributed by atoms with E-state index >= 15 is 0 Å². The molecule has 2 aromatic rings. The van der Waals surface area contributed by atoms with Crippen molar-refractivity contribution in [3.8, 4) is 5.75 Å². The summed E-state index contributed by atoms with van der Waals surface area (Å²) in [5.41, 5.74) is 4.72. The Hall–Kier alpha value is -2.29. The molecule has 3 heteroatoms. The van der Waals surface area contributed by atoms with E-state index in [1.54, 1.807) is 7.11 Å². The fourth-order valence-electron chi connectivity index (χ4n) is 2.74. The van der Waals surface area contributed by atoms with Gasteiger partial charge in [0.2, 0.25) is 5.91 Å². The standard InChI is InChI=1S/C21H27NO2/c1-15-5-6-16(2)19(13-15)14-21(23)22-17(3)7-8-18-9-11-20(24-4)12-10-18/h5-6,9-13,17H,7-8,14H2,1-4H3,(H,22,23). The highest BCUT2D eigenvalue weighted by Crippen LogP contribution is 2.14. The largest absolute Gasteiger partial charge is 0.497 e. The number of amides is 1. The van der Waals surface area contributed by atoms with Crippen LogP contribution in [0.5, 0.6) is 5.75 Å². The molecule has 0 saturated carbocycles. The van der Waals surface area contributed by atoms with Gasteiger partial charge in [0.05, 0.1) is 13.5 Å². The highest BCUT2D eigenvalue weighted by Gasteiger charge is 2.10. The number of methoxy groups -OCH3 is 1. The predicted octanol–water partition coefficient (Wildman–Crippen LogP) is 3.99. The van der Waals surface area contributed by atoms with Crippen molar-refractivity contribution in [2.45, 2.75) is 46.1 Å². The molecule has 24 heavy (non-hydrogen) atoms. The molecule has 1 amide bonds. The van der Waals surface area contributed by atoms with Crippen LogP contribution in [0.2, 0.25) is 0 Å². The van der Waals surface area contributed by atoms with Crippen molar-refractivity contribution >= 4 is 5.91 Å². The van der Waals surface area contributed by atoms with Gasteiger partial charge in [0.15, 0.2) is 0 Å². The van der Waals surface area contributed by atoms with Crippen LogP contribution in [0.25, 0.3) is 0 Å². The normalized spacial score (nSPS) is 11.8. The second-order valence-corrected chi connectivity index (χ2v) is 6.46. The zero-order chi connectivity index (χ0) is 17.5. The molecule has 0 heterocycles. The van der Waals surface area contributed by atoms with Crippen LogP contribution in [0.4, 0.5) is 0 Å². The number of hydrogen-bond donors (Lipinski definition) is 1. The van der Waals surface area contributed by atoms with Gasteiger partial charge in [-0.25, -0.2) is 0 Å². The molecule has 0 fully saturated rings. The summed E-state index contributed by atoms with van der Waals surface area (Å²) in [5, 5.41) is 3.10. The summed E-state index contributed by atoms with van der Waals surface area (Å²) in [7, 11) is 1.67. The summed E-state index contributed by atoms with van der Waals surface area (Å²) >= 11 is 0. The van der Waals surface area contributed by atoms with Crippen molar-refractivity contribution in [2.24, 2.45) is 0 Å². The van der Waals surface area contributed by atoms with E-state index in [-0.39, 0.29) is 11.9 Å². The quantitative estimate of drug-likeness (QED) is 0.836. The number of hydrogen-bond acceptors (Lipinski definition) is 2. The van der Waals surface area contributed by atoms with E-state index in [2.05, 4.69) is 56.4 Å². The molecule has 1 atom stereocenters. The average Bonchev–Trinajstić information content (AvgIpc) is 2.56. The van der Waals surface area contributed by atoms with Gasteiger partial charge in [-0.2, -0.15) is 0 Å². The summed E-state index contributed by atoms with van der Waals surface area (Å²) in [6.07, 6.45) is 2.31. The Bertz CT molecular complexity index is 677. The molecule has 3 nitrogen and oxygen atoms in total. The van der Waals surface area contributed by atoms with E-state index < -0.39 is 0 Å².